The van der Waals surface area contributed by atoms with Crippen molar-refractivity contribution in [3.63, 3.8) is 0 Å². The summed E-state index contributed by atoms with van der Waals surface area (Å²) in [5, 5.41) is 7.59. The smallest absolute Gasteiger partial charge is 0.244 e. The van der Waals surface area contributed by atoms with Crippen molar-refractivity contribution in [1.82, 2.24) is 24.8 Å². The number of piperazine rings is 1. The summed E-state index contributed by atoms with van der Waals surface area (Å²) < 4.78 is 1.58. The number of carbonyl (C=O) groups excluding carboxylic acids is 2. The molecule has 1 aromatic rings. The van der Waals surface area contributed by atoms with Crippen molar-refractivity contribution in [2.24, 2.45) is 0 Å². The summed E-state index contributed by atoms with van der Waals surface area (Å²) in [5.74, 6) is 0.0843. The second-order valence-corrected chi connectivity index (χ2v) is 4.42. The van der Waals surface area contributed by atoms with Gasteiger partial charge in [-0.05, 0) is 6.92 Å². The maximum absolute atomic E-state index is 12.0. The molecule has 1 aliphatic heterocycles. The van der Waals surface area contributed by atoms with Crippen molar-refractivity contribution < 1.29 is 9.59 Å². The molecule has 2 heterocycles. The van der Waals surface area contributed by atoms with E-state index in [2.05, 4.69) is 10.3 Å². The van der Waals surface area contributed by atoms with Gasteiger partial charge in [-0.3, -0.25) is 9.59 Å². The number of hydrogen-bond donors (Lipinski definition) is 0. The maximum atomic E-state index is 12.0. The van der Waals surface area contributed by atoms with Crippen LogP contribution in [0.4, 0.5) is 0 Å². The number of rotatable bonds is 2. The van der Waals surface area contributed by atoms with Gasteiger partial charge in [0.05, 0.1) is 11.9 Å². The summed E-state index contributed by atoms with van der Waals surface area (Å²) in [6.07, 6.45) is 1.63. The van der Waals surface area contributed by atoms with Crippen molar-refractivity contribution in [1.29, 1.82) is 0 Å². The van der Waals surface area contributed by atoms with Crippen molar-refractivity contribution in [2.75, 3.05) is 26.2 Å². The summed E-state index contributed by atoms with van der Waals surface area (Å²) in [6.45, 7) is 6.02. The van der Waals surface area contributed by atoms with Gasteiger partial charge in [-0.15, -0.1) is 5.10 Å². The van der Waals surface area contributed by atoms with Crippen molar-refractivity contribution in [3.8, 4) is 0 Å². The van der Waals surface area contributed by atoms with E-state index in [9.17, 15) is 9.59 Å². The number of aromatic nitrogens is 3. The highest BCUT2D eigenvalue weighted by Crippen LogP contribution is 2.04. The molecule has 1 aromatic heterocycles. The fourth-order valence-electron chi connectivity index (χ4n) is 1.96. The summed E-state index contributed by atoms with van der Waals surface area (Å²) >= 11 is 0. The largest absolute Gasteiger partial charge is 0.339 e. The van der Waals surface area contributed by atoms with Crippen LogP contribution in [0.2, 0.25) is 0 Å². The number of hydrogen-bond acceptors (Lipinski definition) is 4. The Morgan fingerprint density at radius 1 is 1.22 bits per heavy atom. The summed E-state index contributed by atoms with van der Waals surface area (Å²) in [6, 6.07) is 0. The van der Waals surface area contributed by atoms with Crippen LogP contribution in [-0.2, 0) is 16.1 Å². The quantitative estimate of drug-likeness (QED) is 0.695. The molecule has 0 radical (unpaired) electrons. The van der Waals surface area contributed by atoms with Gasteiger partial charge >= 0.3 is 0 Å². The second-order valence-electron chi connectivity index (χ2n) is 4.42. The highest BCUT2D eigenvalue weighted by molar-refractivity contribution is 5.77. The zero-order valence-electron chi connectivity index (χ0n) is 10.7. The Kier molecular flexibility index (Phi) is 3.59. The van der Waals surface area contributed by atoms with Gasteiger partial charge in [-0.2, -0.15) is 0 Å². The van der Waals surface area contributed by atoms with Crippen molar-refractivity contribution in [2.45, 2.75) is 20.4 Å². The van der Waals surface area contributed by atoms with E-state index in [1.807, 2.05) is 6.92 Å². The molecule has 0 N–H and O–H groups in total. The lowest BCUT2D eigenvalue weighted by atomic mass is 10.3. The molecule has 1 saturated heterocycles. The van der Waals surface area contributed by atoms with E-state index in [-0.39, 0.29) is 18.4 Å². The minimum absolute atomic E-state index is 0.0202. The summed E-state index contributed by atoms with van der Waals surface area (Å²) in [4.78, 5) is 26.7. The molecule has 98 valence electrons. The van der Waals surface area contributed by atoms with Gasteiger partial charge in [-0.1, -0.05) is 5.21 Å². The molecule has 0 aliphatic carbocycles. The zero-order valence-corrected chi connectivity index (χ0v) is 10.7. The van der Waals surface area contributed by atoms with Crippen LogP contribution in [0.15, 0.2) is 6.20 Å². The molecule has 0 aromatic carbocycles. The lowest BCUT2D eigenvalue weighted by Crippen LogP contribution is -2.50. The van der Waals surface area contributed by atoms with Gasteiger partial charge in [0.25, 0.3) is 0 Å². The van der Waals surface area contributed by atoms with Gasteiger partial charge in [0.15, 0.2) is 0 Å². The Labute approximate surface area is 105 Å². The third-order valence-electron chi connectivity index (χ3n) is 3.17. The van der Waals surface area contributed by atoms with Crippen molar-refractivity contribution >= 4 is 11.8 Å². The topological polar surface area (TPSA) is 71.3 Å². The van der Waals surface area contributed by atoms with Crippen LogP contribution in [0.3, 0.4) is 0 Å². The van der Waals surface area contributed by atoms with E-state index in [1.54, 1.807) is 27.6 Å². The molecule has 2 rings (SSSR count). The molecule has 0 unspecified atom stereocenters. The average molecular weight is 251 g/mol. The molecular weight excluding hydrogens is 234 g/mol. The van der Waals surface area contributed by atoms with Crippen LogP contribution in [-0.4, -0.2) is 62.8 Å². The van der Waals surface area contributed by atoms with Gasteiger partial charge in [0.1, 0.15) is 6.54 Å². The van der Waals surface area contributed by atoms with E-state index < -0.39 is 0 Å². The first kappa shape index (κ1) is 12.5. The predicted molar refractivity (Wildman–Crippen MR) is 63.6 cm³/mol. The summed E-state index contributed by atoms with van der Waals surface area (Å²) in [5.41, 5.74) is 0.866. The van der Waals surface area contributed by atoms with Crippen LogP contribution in [0.25, 0.3) is 0 Å². The van der Waals surface area contributed by atoms with E-state index >= 15 is 0 Å². The Morgan fingerprint density at radius 2 is 1.83 bits per heavy atom. The van der Waals surface area contributed by atoms with Gasteiger partial charge in [-0.25, -0.2) is 4.68 Å². The molecule has 0 spiro atoms. The fraction of sp³-hybridized carbons (Fsp3) is 0.636. The van der Waals surface area contributed by atoms with Gasteiger partial charge in [0.2, 0.25) is 11.8 Å². The highest BCUT2D eigenvalue weighted by Gasteiger charge is 2.22. The molecule has 0 atom stereocenters. The van der Waals surface area contributed by atoms with Gasteiger partial charge in [0, 0.05) is 33.1 Å². The average Bonchev–Trinajstić information content (AvgIpc) is 2.75. The summed E-state index contributed by atoms with van der Waals surface area (Å²) in [7, 11) is 0. The first-order chi connectivity index (χ1) is 8.58. The van der Waals surface area contributed by atoms with Crippen molar-refractivity contribution in [3.05, 3.63) is 11.9 Å². The van der Waals surface area contributed by atoms with Crippen LogP contribution in [0.5, 0.6) is 0 Å². The lowest BCUT2D eigenvalue weighted by Gasteiger charge is -2.34. The molecular formula is C11H17N5O2. The van der Waals surface area contributed by atoms with Crippen LogP contribution in [0, 0.1) is 6.92 Å². The Hall–Kier alpha value is -1.92. The molecule has 1 fully saturated rings. The number of carbonyl (C=O) groups is 2. The first-order valence-electron chi connectivity index (χ1n) is 5.96. The molecule has 0 saturated carbocycles. The molecule has 7 heteroatoms. The molecule has 0 bridgehead atoms. The SMILES string of the molecule is CC(=O)N1CCN(C(=O)Cn2nncc2C)CC1. The van der Waals surface area contributed by atoms with E-state index in [0.29, 0.717) is 26.2 Å². The first-order valence-corrected chi connectivity index (χ1v) is 5.96. The fourth-order valence-corrected chi connectivity index (χ4v) is 1.96. The monoisotopic (exact) mass is 251 g/mol. The van der Waals surface area contributed by atoms with E-state index in [0.717, 1.165) is 5.69 Å². The second kappa shape index (κ2) is 5.16. The normalized spacial score (nSPS) is 15.9. The number of nitrogens with zero attached hydrogens (tertiary/aromatic N) is 5. The number of aryl methyl sites for hydroxylation is 1. The third kappa shape index (κ3) is 2.66. The minimum Gasteiger partial charge on any atom is -0.339 e. The highest BCUT2D eigenvalue weighted by atomic mass is 16.2. The standard InChI is InChI=1S/C11H17N5O2/c1-9-7-12-13-16(9)8-11(18)15-5-3-14(4-6-15)10(2)17/h7H,3-6,8H2,1-2H3. The zero-order chi connectivity index (χ0) is 13.1. The van der Waals surface area contributed by atoms with Crippen LogP contribution < -0.4 is 0 Å². The maximum Gasteiger partial charge on any atom is 0.244 e. The molecule has 1 aliphatic rings. The molecule has 18 heavy (non-hydrogen) atoms. The van der Waals surface area contributed by atoms with Gasteiger partial charge < -0.3 is 9.80 Å². The van der Waals surface area contributed by atoms with Crippen LogP contribution in [0.1, 0.15) is 12.6 Å². The number of amides is 2. The predicted octanol–water partition coefficient (Wildman–Crippen LogP) is -0.723. The third-order valence-corrected chi connectivity index (χ3v) is 3.17. The molecule has 7 nitrogen and oxygen atoms in total. The Morgan fingerprint density at radius 3 is 2.33 bits per heavy atom. The van der Waals surface area contributed by atoms with E-state index in [4.69, 9.17) is 0 Å². The minimum atomic E-state index is 0.0202. The van der Waals surface area contributed by atoms with E-state index in [1.165, 1.54) is 0 Å². The van der Waals surface area contributed by atoms with Crippen LogP contribution >= 0.6 is 0 Å². The lowest BCUT2D eigenvalue weighted by molar-refractivity contribution is -0.139. The molecule has 2 amide bonds. The Balaban J connectivity index is 1.88. The Bertz CT molecular complexity index is 448.